The number of hydrogen-bond acceptors (Lipinski definition) is 4. The predicted octanol–water partition coefficient (Wildman–Crippen LogP) is 4.63. The number of benzene rings is 2. The molecule has 0 saturated carbocycles. The number of hydrogen-bond donors (Lipinski definition) is 0. The fourth-order valence-corrected chi connectivity index (χ4v) is 4.11. The van der Waals surface area contributed by atoms with E-state index in [2.05, 4.69) is 36.3 Å². The maximum Gasteiger partial charge on any atom is 0.359 e. The van der Waals surface area contributed by atoms with E-state index in [4.69, 9.17) is 4.74 Å². The Morgan fingerprint density at radius 2 is 1.96 bits per heavy atom. The molecule has 1 aliphatic rings. The summed E-state index contributed by atoms with van der Waals surface area (Å²) in [6.07, 6.45) is 0. The molecule has 0 saturated heterocycles. The first kappa shape index (κ1) is 16.0. The Hall–Kier alpha value is -2.53. The minimum Gasteiger partial charge on any atom is -0.461 e. The first-order chi connectivity index (χ1) is 12.2. The summed E-state index contributed by atoms with van der Waals surface area (Å²) in [5.74, 6) is 0.358. The van der Waals surface area contributed by atoms with Crippen molar-refractivity contribution in [2.45, 2.75) is 24.5 Å². The van der Waals surface area contributed by atoms with Gasteiger partial charge in [-0.15, -0.1) is 11.8 Å². The van der Waals surface area contributed by atoms with Gasteiger partial charge < -0.3 is 4.74 Å². The second kappa shape index (κ2) is 6.41. The molecule has 25 heavy (non-hydrogen) atoms. The largest absolute Gasteiger partial charge is 0.461 e. The Bertz CT molecular complexity index is 945. The average Bonchev–Trinajstić information content (AvgIpc) is 3.03. The second-order valence-electron chi connectivity index (χ2n) is 5.93. The van der Waals surface area contributed by atoms with Gasteiger partial charge in [0.05, 0.1) is 18.0 Å². The number of rotatable bonds is 3. The SMILES string of the molecule is CCOC(=O)c1nn(-c2ccc(C)cc2)c2c1CSc1ccccc1-2. The minimum absolute atomic E-state index is 0.342. The van der Waals surface area contributed by atoms with Gasteiger partial charge in [0.1, 0.15) is 0 Å². The van der Waals surface area contributed by atoms with Gasteiger partial charge in [0, 0.05) is 21.8 Å². The van der Waals surface area contributed by atoms with Crippen molar-refractivity contribution in [1.82, 2.24) is 9.78 Å². The van der Waals surface area contributed by atoms with Crippen LogP contribution in [0.4, 0.5) is 0 Å². The number of nitrogens with zero attached hydrogens (tertiary/aromatic N) is 2. The van der Waals surface area contributed by atoms with Crippen molar-refractivity contribution in [3.63, 3.8) is 0 Å². The molecule has 2 aromatic carbocycles. The Labute approximate surface area is 150 Å². The van der Waals surface area contributed by atoms with E-state index < -0.39 is 0 Å². The fraction of sp³-hybridized carbons (Fsp3) is 0.200. The Morgan fingerprint density at radius 1 is 1.20 bits per heavy atom. The summed E-state index contributed by atoms with van der Waals surface area (Å²) in [7, 11) is 0. The molecule has 1 aliphatic heterocycles. The highest BCUT2D eigenvalue weighted by Crippen LogP contribution is 2.43. The summed E-state index contributed by atoms with van der Waals surface area (Å²) in [5.41, 5.74) is 5.59. The van der Waals surface area contributed by atoms with E-state index in [-0.39, 0.29) is 5.97 Å². The van der Waals surface area contributed by atoms with Crippen LogP contribution in [0.25, 0.3) is 16.9 Å². The van der Waals surface area contributed by atoms with Gasteiger partial charge in [0.25, 0.3) is 0 Å². The summed E-state index contributed by atoms with van der Waals surface area (Å²) in [6, 6.07) is 16.4. The monoisotopic (exact) mass is 350 g/mol. The molecule has 0 fully saturated rings. The van der Waals surface area contributed by atoms with E-state index in [1.165, 1.54) is 10.5 Å². The summed E-state index contributed by atoms with van der Waals surface area (Å²) in [4.78, 5) is 13.6. The highest BCUT2D eigenvalue weighted by Gasteiger charge is 2.29. The third kappa shape index (κ3) is 2.74. The van der Waals surface area contributed by atoms with Gasteiger partial charge in [-0.2, -0.15) is 5.10 Å². The zero-order chi connectivity index (χ0) is 17.4. The summed E-state index contributed by atoms with van der Waals surface area (Å²) in [6.45, 7) is 4.21. The van der Waals surface area contributed by atoms with Crippen LogP contribution in [0.15, 0.2) is 53.4 Å². The first-order valence-electron chi connectivity index (χ1n) is 8.27. The molecule has 4 nitrogen and oxygen atoms in total. The Balaban J connectivity index is 1.96. The lowest BCUT2D eigenvalue weighted by Gasteiger charge is -2.18. The molecular formula is C20H18N2O2S. The number of fused-ring (bicyclic) bond motifs is 3. The van der Waals surface area contributed by atoms with Gasteiger partial charge in [0.2, 0.25) is 0 Å². The maximum absolute atomic E-state index is 12.4. The van der Waals surface area contributed by atoms with Crippen LogP contribution in [0.3, 0.4) is 0 Å². The van der Waals surface area contributed by atoms with Gasteiger partial charge in [-0.3, -0.25) is 0 Å². The molecule has 1 aromatic heterocycles. The summed E-state index contributed by atoms with van der Waals surface area (Å²) in [5, 5.41) is 4.64. The molecule has 5 heteroatoms. The van der Waals surface area contributed by atoms with Crippen molar-refractivity contribution in [2.75, 3.05) is 6.61 Å². The predicted molar refractivity (Wildman–Crippen MR) is 99.3 cm³/mol. The third-order valence-electron chi connectivity index (χ3n) is 4.25. The molecule has 0 N–H and O–H groups in total. The van der Waals surface area contributed by atoms with Gasteiger partial charge in [0.15, 0.2) is 5.69 Å². The smallest absolute Gasteiger partial charge is 0.359 e. The van der Waals surface area contributed by atoms with Crippen molar-refractivity contribution >= 4 is 17.7 Å². The average molecular weight is 350 g/mol. The highest BCUT2D eigenvalue weighted by molar-refractivity contribution is 7.98. The van der Waals surface area contributed by atoms with Gasteiger partial charge in [-0.25, -0.2) is 9.48 Å². The van der Waals surface area contributed by atoms with Crippen molar-refractivity contribution in [3.05, 3.63) is 65.4 Å². The quantitative estimate of drug-likeness (QED) is 0.646. The third-order valence-corrected chi connectivity index (χ3v) is 5.35. The molecule has 0 spiro atoms. The van der Waals surface area contributed by atoms with Gasteiger partial charge in [-0.1, -0.05) is 35.9 Å². The van der Waals surface area contributed by atoms with Gasteiger partial charge >= 0.3 is 5.97 Å². The molecule has 3 aromatic rings. The maximum atomic E-state index is 12.4. The molecular weight excluding hydrogens is 332 g/mol. The number of aromatic nitrogens is 2. The van der Waals surface area contributed by atoms with E-state index in [1.54, 1.807) is 11.8 Å². The number of carbonyl (C=O) groups excluding carboxylic acids is 1. The Kier molecular flexibility index (Phi) is 4.09. The van der Waals surface area contributed by atoms with Crippen LogP contribution in [0, 0.1) is 6.92 Å². The van der Waals surface area contributed by atoms with Crippen molar-refractivity contribution < 1.29 is 9.53 Å². The lowest BCUT2D eigenvalue weighted by molar-refractivity contribution is 0.0518. The summed E-state index contributed by atoms with van der Waals surface area (Å²) >= 11 is 1.73. The van der Waals surface area contributed by atoms with E-state index >= 15 is 0 Å². The van der Waals surface area contributed by atoms with Crippen molar-refractivity contribution in [3.8, 4) is 16.9 Å². The zero-order valence-corrected chi connectivity index (χ0v) is 15.0. The Morgan fingerprint density at radius 3 is 2.72 bits per heavy atom. The molecule has 4 rings (SSSR count). The number of esters is 1. The van der Waals surface area contributed by atoms with E-state index in [1.807, 2.05) is 35.9 Å². The normalized spacial score (nSPS) is 12.4. The first-order valence-corrected chi connectivity index (χ1v) is 9.26. The fourth-order valence-electron chi connectivity index (χ4n) is 3.04. The molecule has 0 atom stereocenters. The van der Waals surface area contributed by atoms with Crippen LogP contribution >= 0.6 is 11.8 Å². The lowest BCUT2D eigenvalue weighted by atomic mass is 10.1. The number of aryl methyl sites for hydroxylation is 1. The van der Waals surface area contributed by atoms with E-state index in [9.17, 15) is 4.79 Å². The molecule has 0 unspecified atom stereocenters. The van der Waals surface area contributed by atoms with Crippen molar-refractivity contribution in [1.29, 1.82) is 0 Å². The lowest BCUT2D eigenvalue weighted by Crippen LogP contribution is -2.08. The standard InChI is InChI=1S/C20H18N2O2S/c1-3-24-20(23)18-16-12-25-17-7-5-4-6-15(17)19(16)22(21-18)14-10-8-13(2)9-11-14/h4-11H,3,12H2,1-2H3. The highest BCUT2D eigenvalue weighted by atomic mass is 32.2. The topological polar surface area (TPSA) is 44.1 Å². The number of thioether (sulfide) groups is 1. The van der Waals surface area contributed by atoms with Gasteiger partial charge in [-0.05, 0) is 32.0 Å². The van der Waals surface area contributed by atoms with Crippen LogP contribution in [0.1, 0.15) is 28.5 Å². The minimum atomic E-state index is -0.357. The number of carbonyl (C=O) groups is 1. The number of ether oxygens (including phenoxy) is 1. The van der Waals surface area contributed by atoms with E-state index in [0.717, 1.165) is 22.5 Å². The molecule has 0 bridgehead atoms. The summed E-state index contributed by atoms with van der Waals surface area (Å²) < 4.78 is 7.10. The van der Waals surface area contributed by atoms with Crippen molar-refractivity contribution in [2.24, 2.45) is 0 Å². The van der Waals surface area contributed by atoms with Crippen LogP contribution in [0.5, 0.6) is 0 Å². The zero-order valence-electron chi connectivity index (χ0n) is 14.2. The van der Waals surface area contributed by atoms with Crippen LogP contribution < -0.4 is 0 Å². The molecule has 0 aliphatic carbocycles. The van der Waals surface area contributed by atoms with Crippen LogP contribution in [0.2, 0.25) is 0 Å². The molecule has 2 heterocycles. The van der Waals surface area contributed by atoms with E-state index in [0.29, 0.717) is 18.1 Å². The van der Waals surface area contributed by atoms with Crippen LogP contribution in [-0.2, 0) is 10.5 Å². The molecule has 0 amide bonds. The van der Waals surface area contributed by atoms with Crippen LogP contribution in [-0.4, -0.2) is 22.4 Å². The molecule has 0 radical (unpaired) electrons. The molecule has 126 valence electrons. The second-order valence-corrected chi connectivity index (χ2v) is 6.95.